The van der Waals surface area contributed by atoms with Gasteiger partial charge in [0.25, 0.3) is 0 Å². The first kappa shape index (κ1) is 22.3. The van der Waals surface area contributed by atoms with Crippen molar-refractivity contribution >= 4 is 32.7 Å². The molecular weight excluding hydrogens is 432 g/mol. The number of fused-ring (bicyclic) bond motifs is 1. The third-order valence-corrected chi connectivity index (χ3v) is 7.40. The number of imidazole rings is 1. The monoisotopic (exact) mass is 458 g/mol. The van der Waals surface area contributed by atoms with Crippen LogP contribution in [0.4, 0.5) is 5.69 Å². The Morgan fingerprint density at radius 1 is 1.19 bits per heavy atom. The SMILES string of the molecule is COc1ccccc1NC(=O)CCc1nc2cc(S(=O)(=O)N3CCOCC3)ccc2n1C. The zero-order chi connectivity index (χ0) is 22.7. The molecule has 1 aliphatic rings. The van der Waals surface area contributed by atoms with Crippen LogP contribution in [0.15, 0.2) is 47.4 Å². The third kappa shape index (κ3) is 4.47. The standard InChI is InChI=1S/C22H26N4O5S/c1-25-19-8-7-16(32(28,29)26-11-13-31-14-12-26)15-18(19)23-21(25)9-10-22(27)24-17-5-3-4-6-20(17)30-2/h3-8,15H,9-14H2,1-2H3,(H,24,27). The molecule has 2 aromatic carbocycles. The van der Waals surface area contributed by atoms with E-state index < -0.39 is 10.0 Å². The summed E-state index contributed by atoms with van der Waals surface area (Å²) in [5.41, 5.74) is 2.01. The molecule has 4 rings (SSSR count). The molecule has 1 aromatic heterocycles. The van der Waals surface area contributed by atoms with E-state index in [1.54, 1.807) is 37.4 Å². The summed E-state index contributed by atoms with van der Waals surface area (Å²) in [5, 5.41) is 2.85. The lowest BCUT2D eigenvalue weighted by atomic mass is 10.2. The molecule has 0 aliphatic carbocycles. The molecule has 1 saturated heterocycles. The van der Waals surface area contributed by atoms with Crippen LogP contribution in [0.1, 0.15) is 12.2 Å². The summed E-state index contributed by atoms with van der Waals surface area (Å²) >= 11 is 0. The van der Waals surface area contributed by atoms with Crippen LogP contribution in [0.2, 0.25) is 0 Å². The summed E-state index contributed by atoms with van der Waals surface area (Å²) in [5.74, 6) is 1.14. The Bertz CT molecular complexity index is 1230. The second kappa shape index (κ2) is 9.27. The highest BCUT2D eigenvalue weighted by Gasteiger charge is 2.27. The molecule has 0 spiro atoms. The third-order valence-electron chi connectivity index (χ3n) is 5.51. The van der Waals surface area contributed by atoms with Gasteiger partial charge in [0.1, 0.15) is 11.6 Å². The first-order valence-corrected chi connectivity index (χ1v) is 11.8. The predicted molar refractivity (Wildman–Crippen MR) is 120 cm³/mol. The summed E-state index contributed by atoms with van der Waals surface area (Å²) in [4.78, 5) is 17.3. The maximum atomic E-state index is 12.9. The van der Waals surface area contributed by atoms with Gasteiger partial charge in [0.05, 0.1) is 41.9 Å². The second-order valence-corrected chi connectivity index (χ2v) is 9.44. The lowest BCUT2D eigenvalue weighted by Gasteiger charge is -2.26. The molecular formula is C22H26N4O5S. The number of morpholine rings is 1. The topological polar surface area (TPSA) is 103 Å². The maximum Gasteiger partial charge on any atom is 0.243 e. The molecule has 1 aliphatic heterocycles. The molecule has 9 nitrogen and oxygen atoms in total. The number of carbonyl (C=O) groups is 1. The number of benzene rings is 2. The van der Waals surface area contributed by atoms with Crippen LogP contribution in [0.5, 0.6) is 5.75 Å². The fraction of sp³-hybridized carbons (Fsp3) is 0.364. The van der Waals surface area contributed by atoms with Crippen LogP contribution in [0.25, 0.3) is 11.0 Å². The molecule has 1 amide bonds. The number of nitrogens with one attached hydrogen (secondary N) is 1. The molecule has 1 N–H and O–H groups in total. The Hall–Kier alpha value is -2.95. The van der Waals surface area contributed by atoms with E-state index in [4.69, 9.17) is 9.47 Å². The van der Waals surface area contributed by atoms with Gasteiger partial charge in [0.15, 0.2) is 0 Å². The molecule has 0 radical (unpaired) electrons. The van der Waals surface area contributed by atoms with Gasteiger partial charge in [0.2, 0.25) is 15.9 Å². The largest absolute Gasteiger partial charge is 0.495 e. The number of carbonyl (C=O) groups excluding carboxylic acids is 1. The van der Waals surface area contributed by atoms with Gasteiger partial charge in [-0.3, -0.25) is 4.79 Å². The van der Waals surface area contributed by atoms with Crippen molar-refractivity contribution < 1.29 is 22.7 Å². The van der Waals surface area contributed by atoms with Crippen molar-refractivity contribution in [2.24, 2.45) is 7.05 Å². The smallest absolute Gasteiger partial charge is 0.243 e. The van der Waals surface area contributed by atoms with E-state index in [0.717, 1.165) is 5.52 Å². The molecule has 1 fully saturated rings. The summed E-state index contributed by atoms with van der Waals surface area (Å²) in [6.45, 7) is 1.47. The molecule has 2 heterocycles. The van der Waals surface area contributed by atoms with Crippen molar-refractivity contribution in [2.45, 2.75) is 17.7 Å². The average Bonchev–Trinajstić information content (AvgIpc) is 3.13. The highest BCUT2D eigenvalue weighted by Crippen LogP contribution is 2.25. The minimum atomic E-state index is -3.60. The number of rotatable bonds is 7. The Morgan fingerprint density at radius 2 is 1.94 bits per heavy atom. The van der Waals surface area contributed by atoms with Gasteiger partial charge in [-0.2, -0.15) is 4.31 Å². The number of ether oxygens (including phenoxy) is 2. The minimum absolute atomic E-state index is 0.155. The Labute approximate surface area is 187 Å². The molecule has 3 aromatic rings. The Kier molecular flexibility index (Phi) is 6.45. The number of para-hydroxylation sites is 2. The maximum absolute atomic E-state index is 12.9. The van der Waals surface area contributed by atoms with E-state index in [1.807, 2.05) is 23.7 Å². The number of amides is 1. The van der Waals surface area contributed by atoms with Gasteiger partial charge in [-0.1, -0.05) is 12.1 Å². The van der Waals surface area contributed by atoms with Gasteiger partial charge >= 0.3 is 0 Å². The Morgan fingerprint density at radius 3 is 2.69 bits per heavy atom. The highest BCUT2D eigenvalue weighted by atomic mass is 32.2. The van der Waals surface area contributed by atoms with Crippen molar-refractivity contribution in [1.82, 2.24) is 13.9 Å². The molecule has 10 heteroatoms. The number of sulfonamides is 1. The first-order valence-electron chi connectivity index (χ1n) is 10.4. The zero-order valence-corrected chi connectivity index (χ0v) is 18.9. The molecule has 0 bridgehead atoms. The number of anilines is 1. The van der Waals surface area contributed by atoms with Crippen molar-refractivity contribution in [2.75, 3.05) is 38.7 Å². The van der Waals surface area contributed by atoms with Crippen LogP contribution in [-0.2, 0) is 33.0 Å². The van der Waals surface area contributed by atoms with Gasteiger partial charge in [-0.05, 0) is 30.3 Å². The molecule has 0 saturated carbocycles. The number of aryl methyl sites for hydroxylation is 2. The fourth-order valence-electron chi connectivity index (χ4n) is 3.74. The van der Waals surface area contributed by atoms with E-state index in [9.17, 15) is 13.2 Å². The van der Waals surface area contributed by atoms with E-state index in [1.165, 1.54) is 4.31 Å². The number of methoxy groups -OCH3 is 1. The number of hydrogen-bond acceptors (Lipinski definition) is 6. The van der Waals surface area contributed by atoms with Crippen molar-refractivity contribution in [1.29, 1.82) is 0 Å². The molecule has 0 unspecified atom stereocenters. The van der Waals surface area contributed by atoms with E-state index >= 15 is 0 Å². The van der Waals surface area contributed by atoms with Crippen LogP contribution in [0.3, 0.4) is 0 Å². The highest BCUT2D eigenvalue weighted by molar-refractivity contribution is 7.89. The van der Waals surface area contributed by atoms with E-state index in [0.29, 0.717) is 55.5 Å². The molecule has 170 valence electrons. The van der Waals surface area contributed by atoms with Gasteiger partial charge in [-0.15, -0.1) is 0 Å². The lowest BCUT2D eigenvalue weighted by molar-refractivity contribution is -0.116. The van der Waals surface area contributed by atoms with E-state index in [2.05, 4.69) is 10.3 Å². The van der Waals surface area contributed by atoms with E-state index in [-0.39, 0.29) is 17.2 Å². The quantitative estimate of drug-likeness (QED) is 0.582. The second-order valence-electron chi connectivity index (χ2n) is 7.50. The lowest BCUT2D eigenvalue weighted by Crippen LogP contribution is -2.40. The predicted octanol–water partition coefficient (Wildman–Crippen LogP) is 2.17. The van der Waals surface area contributed by atoms with Crippen molar-refractivity contribution in [3.8, 4) is 5.75 Å². The van der Waals surface area contributed by atoms with Crippen LogP contribution >= 0.6 is 0 Å². The average molecular weight is 459 g/mol. The van der Waals surface area contributed by atoms with Gasteiger partial charge in [0, 0.05) is 33.0 Å². The van der Waals surface area contributed by atoms with Crippen molar-refractivity contribution in [3.63, 3.8) is 0 Å². The van der Waals surface area contributed by atoms with Crippen molar-refractivity contribution in [3.05, 3.63) is 48.3 Å². The molecule has 0 atom stereocenters. The first-order chi connectivity index (χ1) is 15.4. The number of nitrogens with zero attached hydrogens (tertiary/aromatic N) is 3. The molecule has 32 heavy (non-hydrogen) atoms. The normalized spacial score (nSPS) is 15.1. The summed E-state index contributed by atoms with van der Waals surface area (Å²) < 4.78 is 39.7. The van der Waals surface area contributed by atoms with Crippen LogP contribution in [0, 0.1) is 0 Å². The minimum Gasteiger partial charge on any atom is -0.495 e. The summed E-state index contributed by atoms with van der Waals surface area (Å²) in [6, 6.07) is 12.2. The van der Waals surface area contributed by atoms with Gasteiger partial charge < -0.3 is 19.4 Å². The summed E-state index contributed by atoms with van der Waals surface area (Å²) in [7, 11) is -0.182. The zero-order valence-electron chi connectivity index (χ0n) is 18.1. The Balaban J connectivity index is 1.49. The number of hydrogen-bond donors (Lipinski definition) is 1. The summed E-state index contributed by atoms with van der Waals surface area (Å²) in [6.07, 6.45) is 0.645. The van der Waals surface area contributed by atoms with Gasteiger partial charge in [-0.25, -0.2) is 13.4 Å². The van der Waals surface area contributed by atoms with Crippen LogP contribution < -0.4 is 10.1 Å². The fourth-order valence-corrected chi connectivity index (χ4v) is 5.16. The van der Waals surface area contributed by atoms with Crippen LogP contribution in [-0.4, -0.2) is 61.6 Å². The number of aromatic nitrogens is 2.